The summed E-state index contributed by atoms with van der Waals surface area (Å²) >= 11 is 0. The Hall–Kier alpha value is -1.13. The third-order valence-corrected chi connectivity index (χ3v) is 3.95. The van der Waals surface area contributed by atoms with Gasteiger partial charge in [-0.15, -0.1) is 12.4 Å². The molecule has 2 rings (SSSR count). The Bertz CT molecular complexity index is 469. The van der Waals surface area contributed by atoms with Crippen molar-refractivity contribution in [2.45, 2.75) is 38.6 Å². The number of nitrogens with zero attached hydrogens (tertiary/aromatic N) is 1. The van der Waals surface area contributed by atoms with Gasteiger partial charge in [0.15, 0.2) is 0 Å². The minimum Gasteiger partial charge on any atom is -0.341 e. The molecule has 1 heterocycles. The number of likely N-dealkylation sites (tertiary alicyclic amines) is 1. The van der Waals surface area contributed by atoms with Crippen molar-refractivity contribution in [3.05, 3.63) is 35.6 Å². The minimum atomic E-state index is -0.219. The van der Waals surface area contributed by atoms with Crippen LogP contribution in [0.3, 0.4) is 0 Å². The molecule has 0 radical (unpaired) electrons. The molecule has 1 aliphatic rings. The highest BCUT2D eigenvalue weighted by Crippen LogP contribution is 2.16. The van der Waals surface area contributed by atoms with Crippen LogP contribution in [0.5, 0.6) is 0 Å². The first-order valence-corrected chi connectivity index (χ1v) is 7.35. The van der Waals surface area contributed by atoms with Crippen molar-refractivity contribution in [1.82, 2.24) is 4.90 Å². The molecule has 2 N–H and O–H groups in total. The van der Waals surface area contributed by atoms with Gasteiger partial charge in [0.2, 0.25) is 5.91 Å². The number of hydrogen-bond acceptors (Lipinski definition) is 2. The van der Waals surface area contributed by atoms with Crippen LogP contribution in [0.15, 0.2) is 24.3 Å². The quantitative estimate of drug-likeness (QED) is 0.929. The number of piperidine rings is 1. The van der Waals surface area contributed by atoms with Crippen LogP contribution in [-0.2, 0) is 11.2 Å². The van der Waals surface area contributed by atoms with Crippen molar-refractivity contribution >= 4 is 18.3 Å². The number of carbonyl (C=O) groups is 1. The highest BCUT2D eigenvalue weighted by atomic mass is 35.5. The van der Waals surface area contributed by atoms with Crippen LogP contribution in [-0.4, -0.2) is 29.9 Å². The largest absolute Gasteiger partial charge is 0.341 e. The molecule has 3 nitrogen and oxygen atoms in total. The maximum Gasteiger partial charge on any atom is 0.225 e. The summed E-state index contributed by atoms with van der Waals surface area (Å²) < 4.78 is 13.1. The summed E-state index contributed by atoms with van der Waals surface area (Å²) in [6.07, 6.45) is 3.46. The first-order valence-electron chi connectivity index (χ1n) is 7.35. The molecule has 5 heteroatoms. The smallest absolute Gasteiger partial charge is 0.225 e. The van der Waals surface area contributed by atoms with Crippen molar-refractivity contribution < 1.29 is 9.18 Å². The van der Waals surface area contributed by atoms with E-state index in [4.69, 9.17) is 5.73 Å². The van der Waals surface area contributed by atoms with E-state index in [9.17, 15) is 9.18 Å². The van der Waals surface area contributed by atoms with Gasteiger partial charge in [0.1, 0.15) is 5.82 Å². The molecule has 0 aliphatic carbocycles. The molecule has 2 unspecified atom stereocenters. The Balaban J connectivity index is 0.00000220. The third kappa shape index (κ3) is 5.29. The summed E-state index contributed by atoms with van der Waals surface area (Å²) in [5, 5.41) is 0. The zero-order chi connectivity index (χ0) is 14.5. The van der Waals surface area contributed by atoms with E-state index in [2.05, 4.69) is 0 Å². The lowest BCUT2D eigenvalue weighted by atomic mass is 9.98. The van der Waals surface area contributed by atoms with Gasteiger partial charge >= 0.3 is 0 Å². The number of hydrogen-bond donors (Lipinski definition) is 1. The van der Waals surface area contributed by atoms with Crippen LogP contribution in [0, 0.1) is 11.7 Å². The summed E-state index contributed by atoms with van der Waals surface area (Å²) in [6.45, 7) is 3.43. The van der Waals surface area contributed by atoms with Crippen LogP contribution in [0.2, 0.25) is 0 Å². The Labute approximate surface area is 132 Å². The van der Waals surface area contributed by atoms with Gasteiger partial charge in [-0.3, -0.25) is 4.79 Å². The van der Waals surface area contributed by atoms with Crippen molar-refractivity contribution in [3.8, 4) is 0 Å². The standard InChI is InChI=1S/C16H23FN2O.ClH/c1-12(7-8-13-4-2-5-14(17)10-13)16(20)19-9-3-6-15(18)11-19;/h2,4-5,10,12,15H,3,6-9,11,18H2,1H3;1H. The van der Waals surface area contributed by atoms with Gasteiger partial charge in [0.25, 0.3) is 0 Å². The monoisotopic (exact) mass is 314 g/mol. The van der Waals surface area contributed by atoms with Gasteiger partial charge < -0.3 is 10.6 Å². The predicted molar refractivity (Wildman–Crippen MR) is 84.9 cm³/mol. The van der Waals surface area contributed by atoms with Crippen LogP contribution in [0.25, 0.3) is 0 Å². The molecule has 0 bridgehead atoms. The molecule has 118 valence electrons. The molecule has 21 heavy (non-hydrogen) atoms. The Morgan fingerprint density at radius 2 is 2.29 bits per heavy atom. The van der Waals surface area contributed by atoms with E-state index in [1.165, 1.54) is 12.1 Å². The fourth-order valence-electron chi connectivity index (χ4n) is 2.72. The second kappa shape index (κ2) is 8.35. The number of amides is 1. The Morgan fingerprint density at radius 1 is 1.52 bits per heavy atom. The molecule has 1 aromatic rings. The number of rotatable bonds is 4. The molecular weight excluding hydrogens is 291 g/mol. The molecule has 1 saturated heterocycles. The number of nitrogens with two attached hydrogens (primary N) is 1. The van der Waals surface area contributed by atoms with E-state index in [-0.39, 0.29) is 36.1 Å². The summed E-state index contributed by atoms with van der Waals surface area (Å²) in [5.41, 5.74) is 6.85. The maximum atomic E-state index is 13.1. The van der Waals surface area contributed by atoms with Gasteiger partial charge in [-0.05, 0) is 43.4 Å². The molecule has 0 saturated carbocycles. The van der Waals surface area contributed by atoms with Gasteiger partial charge in [0.05, 0.1) is 0 Å². The Kier molecular flexibility index (Phi) is 7.12. The highest BCUT2D eigenvalue weighted by Gasteiger charge is 2.24. The van der Waals surface area contributed by atoms with E-state index >= 15 is 0 Å². The van der Waals surface area contributed by atoms with Crippen LogP contribution in [0.1, 0.15) is 31.7 Å². The number of carbonyl (C=O) groups excluding carboxylic acids is 1. The summed E-state index contributed by atoms with van der Waals surface area (Å²) in [4.78, 5) is 14.2. The highest BCUT2D eigenvalue weighted by molar-refractivity contribution is 5.85. The molecule has 0 spiro atoms. The second-order valence-electron chi connectivity index (χ2n) is 5.76. The van der Waals surface area contributed by atoms with E-state index in [0.29, 0.717) is 6.54 Å². The van der Waals surface area contributed by atoms with Crippen LogP contribution in [0.4, 0.5) is 4.39 Å². The molecular formula is C16H24ClFN2O. The molecule has 1 amide bonds. The maximum absolute atomic E-state index is 13.1. The van der Waals surface area contributed by atoms with Gasteiger partial charge in [-0.2, -0.15) is 0 Å². The Morgan fingerprint density at radius 3 is 2.95 bits per heavy atom. The van der Waals surface area contributed by atoms with Crippen molar-refractivity contribution in [3.63, 3.8) is 0 Å². The summed E-state index contributed by atoms with van der Waals surface area (Å²) in [6, 6.07) is 6.70. The van der Waals surface area contributed by atoms with Gasteiger partial charge in [-0.1, -0.05) is 19.1 Å². The average molecular weight is 315 g/mol. The van der Waals surface area contributed by atoms with E-state index < -0.39 is 0 Å². The minimum absolute atomic E-state index is 0. The fraction of sp³-hybridized carbons (Fsp3) is 0.562. The molecule has 2 atom stereocenters. The third-order valence-electron chi connectivity index (χ3n) is 3.95. The lowest BCUT2D eigenvalue weighted by molar-refractivity contribution is -0.136. The van der Waals surface area contributed by atoms with Crippen LogP contribution >= 0.6 is 12.4 Å². The van der Waals surface area contributed by atoms with Crippen molar-refractivity contribution in [2.24, 2.45) is 11.7 Å². The number of benzene rings is 1. The molecule has 1 aromatic carbocycles. The second-order valence-corrected chi connectivity index (χ2v) is 5.76. The van der Waals surface area contributed by atoms with Gasteiger partial charge in [0, 0.05) is 25.0 Å². The molecule has 0 aromatic heterocycles. The first kappa shape index (κ1) is 17.9. The molecule has 1 fully saturated rings. The SMILES string of the molecule is CC(CCc1cccc(F)c1)C(=O)N1CCCC(N)C1.Cl. The lowest BCUT2D eigenvalue weighted by Gasteiger charge is -2.32. The summed E-state index contributed by atoms with van der Waals surface area (Å²) in [7, 11) is 0. The topological polar surface area (TPSA) is 46.3 Å². The zero-order valence-corrected chi connectivity index (χ0v) is 13.2. The lowest BCUT2D eigenvalue weighted by Crippen LogP contribution is -2.47. The van der Waals surface area contributed by atoms with Crippen molar-refractivity contribution in [2.75, 3.05) is 13.1 Å². The predicted octanol–water partition coefficient (Wildman–Crippen LogP) is 2.77. The van der Waals surface area contributed by atoms with Gasteiger partial charge in [-0.25, -0.2) is 4.39 Å². The number of aryl methyl sites for hydroxylation is 1. The summed E-state index contributed by atoms with van der Waals surface area (Å²) in [5.74, 6) is -0.0800. The average Bonchev–Trinajstić information content (AvgIpc) is 2.44. The van der Waals surface area contributed by atoms with E-state index in [0.717, 1.165) is 37.8 Å². The fourth-order valence-corrected chi connectivity index (χ4v) is 2.72. The van der Waals surface area contributed by atoms with Crippen molar-refractivity contribution in [1.29, 1.82) is 0 Å². The first-order chi connectivity index (χ1) is 9.56. The normalized spacial score (nSPS) is 19.8. The molecule has 1 aliphatic heterocycles. The van der Waals surface area contributed by atoms with E-state index in [1.54, 1.807) is 6.07 Å². The van der Waals surface area contributed by atoms with Crippen LogP contribution < -0.4 is 5.73 Å². The number of halogens is 2. The zero-order valence-electron chi connectivity index (χ0n) is 12.4. The van der Waals surface area contributed by atoms with E-state index in [1.807, 2.05) is 17.9 Å².